The maximum atomic E-state index is 11.8. The lowest BCUT2D eigenvalue weighted by molar-refractivity contribution is 0.0501. The average Bonchev–Trinajstić information content (AvgIpc) is 2.39. The Kier molecular flexibility index (Phi) is 6.11. The summed E-state index contributed by atoms with van der Waals surface area (Å²) in [6, 6.07) is 6.72. The Hall–Kier alpha value is -1.79. The molecule has 2 N–H and O–H groups in total. The number of ether oxygens (including phenoxy) is 2. The molecule has 0 aliphatic carbocycles. The van der Waals surface area contributed by atoms with Gasteiger partial charge in [0.15, 0.2) is 0 Å². The fraction of sp³-hybridized carbons (Fsp3) is 0.462. The van der Waals surface area contributed by atoms with Gasteiger partial charge in [-0.05, 0) is 24.3 Å². The standard InChI is InChI=1S/C13H20N2O4/c1-15(8-11(16)9-18-2)13(17)14-10-4-6-12(19-3)7-5-10/h4-7,11,16H,8-9H2,1-3H3,(H,14,17). The fourth-order valence-corrected chi connectivity index (χ4v) is 1.54. The summed E-state index contributed by atoms with van der Waals surface area (Å²) in [6.45, 7) is 0.399. The van der Waals surface area contributed by atoms with Crippen LogP contribution >= 0.6 is 0 Å². The first-order chi connectivity index (χ1) is 9.06. The molecule has 0 fully saturated rings. The van der Waals surface area contributed by atoms with Gasteiger partial charge in [0.1, 0.15) is 5.75 Å². The molecule has 0 bridgehead atoms. The lowest BCUT2D eigenvalue weighted by atomic mass is 10.3. The second-order valence-electron chi connectivity index (χ2n) is 4.15. The summed E-state index contributed by atoms with van der Waals surface area (Å²) in [4.78, 5) is 13.2. The zero-order chi connectivity index (χ0) is 14.3. The van der Waals surface area contributed by atoms with Crippen molar-refractivity contribution in [3.05, 3.63) is 24.3 Å². The highest BCUT2D eigenvalue weighted by Gasteiger charge is 2.13. The number of carbonyl (C=O) groups is 1. The number of urea groups is 1. The first-order valence-corrected chi connectivity index (χ1v) is 5.90. The molecular formula is C13H20N2O4. The van der Waals surface area contributed by atoms with E-state index < -0.39 is 6.10 Å². The lowest BCUT2D eigenvalue weighted by Crippen LogP contribution is -2.38. The molecule has 19 heavy (non-hydrogen) atoms. The molecule has 0 aliphatic rings. The number of nitrogens with zero attached hydrogens (tertiary/aromatic N) is 1. The highest BCUT2D eigenvalue weighted by atomic mass is 16.5. The Morgan fingerprint density at radius 3 is 2.53 bits per heavy atom. The van der Waals surface area contributed by atoms with Gasteiger partial charge < -0.3 is 24.8 Å². The van der Waals surface area contributed by atoms with E-state index in [2.05, 4.69) is 5.32 Å². The number of hydrogen-bond donors (Lipinski definition) is 2. The van der Waals surface area contributed by atoms with Crippen molar-refractivity contribution in [2.75, 3.05) is 39.7 Å². The topological polar surface area (TPSA) is 71.0 Å². The summed E-state index contributed by atoms with van der Waals surface area (Å²) in [5.74, 6) is 0.724. The second kappa shape index (κ2) is 7.60. The first kappa shape index (κ1) is 15.3. The van der Waals surface area contributed by atoms with Crippen molar-refractivity contribution in [3.8, 4) is 5.75 Å². The largest absolute Gasteiger partial charge is 0.497 e. The summed E-state index contributed by atoms with van der Waals surface area (Å²) in [5, 5.41) is 12.3. The van der Waals surface area contributed by atoms with Gasteiger partial charge in [-0.2, -0.15) is 0 Å². The van der Waals surface area contributed by atoms with Crippen molar-refractivity contribution in [2.24, 2.45) is 0 Å². The van der Waals surface area contributed by atoms with Gasteiger partial charge in [0, 0.05) is 19.8 Å². The van der Waals surface area contributed by atoms with Crippen LogP contribution in [0.1, 0.15) is 0 Å². The highest BCUT2D eigenvalue weighted by Crippen LogP contribution is 2.15. The Labute approximate surface area is 112 Å². The van der Waals surface area contributed by atoms with Crippen LogP contribution in [0.25, 0.3) is 0 Å². The zero-order valence-corrected chi connectivity index (χ0v) is 11.4. The summed E-state index contributed by atoms with van der Waals surface area (Å²) < 4.78 is 9.84. The number of nitrogens with one attached hydrogen (secondary N) is 1. The monoisotopic (exact) mass is 268 g/mol. The maximum Gasteiger partial charge on any atom is 0.321 e. The lowest BCUT2D eigenvalue weighted by Gasteiger charge is -2.21. The first-order valence-electron chi connectivity index (χ1n) is 5.90. The average molecular weight is 268 g/mol. The molecule has 0 aliphatic heterocycles. The number of amides is 2. The number of aliphatic hydroxyl groups is 1. The molecule has 0 radical (unpaired) electrons. The molecule has 6 heteroatoms. The van der Waals surface area contributed by atoms with Crippen molar-refractivity contribution >= 4 is 11.7 Å². The van der Waals surface area contributed by atoms with Gasteiger partial charge in [-0.25, -0.2) is 4.79 Å². The van der Waals surface area contributed by atoms with E-state index in [4.69, 9.17) is 9.47 Å². The summed E-state index contributed by atoms with van der Waals surface area (Å²) in [5.41, 5.74) is 0.666. The minimum absolute atomic E-state index is 0.195. The Bertz CT molecular complexity index is 394. The molecule has 1 rings (SSSR count). The third kappa shape index (κ3) is 5.15. The predicted octanol–water partition coefficient (Wildman–Crippen LogP) is 1.17. The smallest absolute Gasteiger partial charge is 0.321 e. The third-order valence-corrected chi connectivity index (χ3v) is 2.53. The number of methoxy groups -OCH3 is 2. The molecule has 0 aromatic heterocycles. The van der Waals surface area contributed by atoms with E-state index in [0.717, 1.165) is 5.75 Å². The molecule has 1 aromatic carbocycles. The van der Waals surface area contributed by atoms with Gasteiger partial charge in [-0.15, -0.1) is 0 Å². The predicted molar refractivity (Wildman–Crippen MR) is 72.5 cm³/mol. The molecule has 0 spiro atoms. The number of rotatable bonds is 6. The van der Waals surface area contributed by atoms with Crippen LogP contribution in [0, 0.1) is 0 Å². The molecule has 2 amide bonds. The van der Waals surface area contributed by atoms with Crippen molar-refractivity contribution < 1.29 is 19.4 Å². The van der Waals surface area contributed by atoms with Crippen LogP contribution in [-0.4, -0.2) is 56.6 Å². The van der Waals surface area contributed by atoms with Crippen LogP contribution in [0.3, 0.4) is 0 Å². The molecule has 0 saturated heterocycles. The molecule has 0 saturated carbocycles. The number of hydrogen-bond acceptors (Lipinski definition) is 4. The highest BCUT2D eigenvalue weighted by molar-refractivity contribution is 5.89. The Morgan fingerprint density at radius 1 is 1.37 bits per heavy atom. The van der Waals surface area contributed by atoms with Gasteiger partial charge >= 0.3 is 6.03 Å². The van der Waals surface area contributed by atoms with Crippen molar-refractivity contribution in [1.82, 2.24) is 4.90 Å². The van der Waals surface area contributed by atoms with E-state index in [1.165, 1.54) is 12.0 Å². The van der Waals surface area contributed by atoms with Crippen LogP contribution in [-0.2, 0) is 4.74 Å². The summed E-state index contributed by atoms with van der Waals surface area (Å²) in [7, 11) is 4.69. The minimum Gasteiger partial charge on any atom is -0.497 e. The third-order valence-electron chi connectivity index (χ3n) is 2.53. The van der Waals surface area contributed by atoms with E-state index >= 15 is 0 Å². The molecule has 1 atom stereocenters. The molecule has 106 valence electrons. The van der Waals surface area contributed by atoms with E-state index in [9.17, 15) is 9.90 Å². The van der Waals surface area contributed by atoms with Crippen LogP contribution in [0.5, 0.6) is 5.75 Å². The van der Waals surface area contributed by atoms with Gasteiger partial charge in [0.25, 0.3) is 0 Å². The Morgan fingerprint density at radius 2 is 2.00 bits per heavy atom. The van der Waals surface area contributed by atoms with Crippen LogP contribution in [0.2, 0.25) is 0 Å². The van der Waals surface area contributed by atoms with Gasteiger partial charge in [-0.1, -0.05) is 0 Å². The van der Waals surface area contributed by atoms with Crippen LogP contribution in [0.4, 0.5) is 10.5 Å². The summed E-state index contributed by atoms with van der Waals surface area (Å²) >= 11 is 0. The molecule has 1 aromatic rings. The number of aliphatic hydroxyl groups excluding tert-OH is 1. The SMILES string of the molecule is COCC(O)CN(C)C(=O)Nc1ccc(OC)cc1. The van der Waals surface area contributed by atoms with Crippen molar-refractivity contribution in [1.29, 1.82) is 0 Å². The minimum atomic E-state index is -0.698. The summed E-state index contributed by atoms with van der Waals surface area (Å²) in [6.07, 6.45) is -0.698. The van der Waals surface area contributed by atoms with Gasteiger partial charge in [0.2, 0.25) is 0 Å². The van der Waals surface area contributed by atoms with Gasteiger partial charge in [0.05, 0.1) is 26.4 Å². The second-order valence-corrected chi connectivity index (χ2v) is 4.15. The maximum absolute atomic E-state index is 11.8. The van der Waals surface area contributed by atoms with Gasteiger partial charge in [-0.3, -0.25) is 0 Å². The molecular weight excluding hydrogens is 248 g/mol. The molecule has 6 nitrogen and oxygen atoms in total. The van der Waals surface area contributed by atoms with Crippen molar-refractivity contribution in [2.45, 2.75) is 6.10 Å². The Balaban J connectivity index is 2.48. The number of benzene rings is 1. The van der Waals surface area contributed by atoms with Crippen LogP contribution < -0.4 is 10.1 Å². The molecule has 0 heterocycles. The van der Waals surface area contributed by atoms with Crippen LogP contribution in [0.15, 0.2) is 24.3 Å². The van der Waals surface area contributed by atoms with E-state index in [0.29, 0.717) is 5.69 Å². The quantitative estimate of drug-likeness (QED) is 0.812. The fourth-order valence-electron chi connectivity index (χ4n) is 1.54. The number of likely N-dealkylation sites (N-methyl/N-ethyl adjacent to an activating group) is 1. The normalized spacial score (nSPS) is 11.8. The van der Waals surface area contributed by atoms with E-state index in [1.54, 1.807) is 38.4 Å². The molecule has 1 unspecified atom stereocenters. The number of anilines is 1. The van der Waals surface area contributed by atoms with Crippen molar-refractivity contribution in [3.63, 3.8) is 0 Å². The zero-order valence-electron chi connectivity index (χ0n) is 11.4. The van der Waals surface area contributed by atoms with E-state index in [-0.39, 0.29) is 19.2 Å². The van der Waals surface area contributed by atoms with E-state index in [1.807, 2.05) is 0 Å². The number of carbonyl (C=O) groups excluding carboxylic acids is 1.